The van der Waals surface area contributed by atoms with E-state index in [1.165, 1.54) is 50.5 Å². The lowest BCUT2D eigenvalue weighted by molar-refractivity contribution is 0.0802. The van der Waals surface area contributed by atoms with E-state index in [-0.39, 0.29) is 0 Å². The Morgan fingerprint density at radius 1 is 1.10 bits per heavy atom. The minimum absolute atomic E-state index is 0.675. The predicted octanol–water partition coefficient (Wildman–Crippen LogP) is 5.04. The number of benzene rings is 1. The van der Waals surface area contributed by atoms with Crippen molar-refractivity contribution in [2.24, 2.45) is 5.92 Å². The van der Waals surface area contributed by atoms with Gasteiger partial charge in [-0.2, -0.15) is 5.26 Å². The van der Waals surface area contributed by atoms with Crippen LogP contribution in [-0.4, -0.2) is 13.2 Å². The fraction of sp³-hybridized carbons (Fsp3) is 0.632. The van der Waals surface area contributed by atoms with Crippen LogP contribution in [0.3, 0.4) is 0 Å². The Morgan fingerprint density at radius 2 is 1.81 bits per heavy atom. The van der Waals surface area contributed by atoms with E-state index in [0.29, 0.717) is 5.92 Å². The summed E-state index contributed by atoms with van der Waals surface area (Å²) in [5, 5.41) is 8.85. The normalized spacial score (nSPS) is 21.9. The van der Waals surface area contributed by atoms with Crippen LogP contribution in [0.25, 0.3) is 0 Å². The Hall–Kier alpha value is -1.33. The Balaban J connectivity index is 1.69. The zero-order valence-corrected chi connectivity index (χ0v) is 13.2. The van der Waals surface area contributed by atoms with Crippen molar-refractivity contribution in [1.82, 2.24) is 0 Å². The average Bonchev–Trinajstić information content (AvgIpc) is 2.55. The molecule has 0 aromatic heterocycles. The maximum absolute atomic E-state index is 8.85. The fourth-order valence-electron chi connectivity index (χ4n) is 3.20. The molecule has 1 aliphatic carbocycles. The molecule has 0 N–H and O–H groups in total. The highest BCUT2D eigenvalue weighted by Gasteiger charge is 2.22. The molecule has 0 aliphatic heterocycles. The van der Waals surface area contributed by atoms with Gasteiger partial charge in [0.25, 0.3) is 0 Å². The van der Waals surface area contributed by atoms with Gasteiger partial charge in [0.1, 0.15) is 0 Å². The number of ether oxygens (including phenoxy) is 1. The van der Waals surface area contributed by atoms with Crippen LogP contribution in [-0.2, 0) is 4.74 Å². The third-order valence-electron chi connectivity index (χ3n) is 4.60. The van der Waals surface area contributed by atoms with Gasteiger partial charge < -0.3 is 4.74 Å². The molecule has 1 aliphatic rings. The second-order valence-electron chi connectivity index (χ2n) is 6.23. The van der Waals surface area contributed by atoms with Crippen LogP contribution in [0, 0.1) is 17.2 Å². The first-order chi connectivity index (χ1) is 10.3. The van der Waals surface area contributed by atoms with Crippen LogP contribution >= 0.6 is 0 Å². The molecule has 0 heterocycles. The number of hydrogen-bond donors (Lipinski definition) is 0. The summed E-state index contributed by atoms with van der Waals surface area (Å²) < 4.78 is 5.81. The first-order valence-corrected chi connectivity index (χ1v) is 8.41. The standard InChI is InChI=1S/C19H27NO/c1-2-3-4-13-21-15-17-7-11-19(12-8-17)18-9-5-16(14-20)6-10-18/h5-6,9-10,17,19H,2-4,7-8,11-13,15H2,1H3/t17-,19-. The molecule has 0 saturated heterocycles. The number of unbranched alkanes of at least 4 members (excludes halogenated alkanes) is 2. The van der Waals surface area contributed by atoms with Gasteiger partial charge in [-0.1, -0.05) is 31.9 Å². The smallest absolute Gasteiger partial charge is 0.0991 e. The Kier molecular flexibility index (Phi) is 6.76. The van der Waals surface area contributed by atoms with Crippen molar-refractivity contribution >= 4 is 0 Å². The Labute approximate surface area is 129 Å². The zero-order chi connectivity index (χ0) is 14.9. The molecule has 2 heteroatoms. The van der Waals surface area contributed by atoms with Crippen molar-refractivity contribution in [3.05, 3.63) is 35.4 Å². The molecule has 1 aromatic rings. The molecular weight excluding hydrogens is 258 g/mol. The van der Waals surface area contributed by atoms with Gasteiger partial charge in [-0.25, -0.2) is 0 Å². The number of nitriles is 1. The zero-order valence-electron chi connectivity index (χ0n) is 13.2. The van der Waals surface area contributed by atoms with Crippen molar-refractivity contribution in [2.45, 2.75) is 57.8 Å². The van der Waals surface area contributed by atoms with Crippen LogP contribution in [0.5, 0.6) is 0 Å². The first kappa shape index (κ1) is 16.0. The fourth-order valence-corrected chi connectivity index (χ4v) is 3.20. The third-order valence-corrected chi connectivity index (χ3v) is 4.60. The van der Waals surface area contributed by atoms with E-state index >= 15 is 0 Å². The summed E-state index contributed by atoms with van der Waals surface area (Å²) in [4.78, 5) is 0. The van der Waals surface area contributed by atoms with Crippen LogP contribution in [0.15, 0.2) is 24.3 Å². The average molecular weight is 285 g/mol. The molecule has 0 radical (unpaired) electrons. The lowest BCUT2D eigenvalue weighted by Gasteiger charge is -2.28. The second kappa shape index (κ2) is 8.85. The van der Waals surface area contributed by atoms with E-state index in [4.69, 9.17) is 10.00 Å². The maximum atomic E-state index is 8.85. The lowest BCUT2D eigenvalue weighted by atomic mass is 9.79. The van der Waals surface area contributed by atoms with E-state index in [2.05, 4.69) is 25.1 Å². The molecule has 0 atom stereocenters. The highest BCUT2D eigenvalue weighted by molar-refractivity contribution is 5.33. The summed E-state index contributed by atoms with van der Waals surface area (Å²) in [6, 6.07) is 10.3. The monoisotopic (exact) mass is 285 g/mol. The minimum Gasteiger partial charge on any atom is -0.381 e. The quantitative estimate of drug-likeness (QED) is 0.658. The number of hydrogen-bond acceptors (Lipinski definition) is 2. The van der Waals surface area contributed by atoms with Crippen molar-refractivity contribution in [3.8, 4) is 6.07 Å². The third kappa shape index (κ3) is 5.17. The Bertz CT molecular complexity index is 438. The summed E-state index contributed by atoms with van der Waals surface area (Å²) in [6.45, 7) is 4.11. The van der Waals surface area contributed by atoms with Crippen molar-refractivity contribution in [3.63, 3.8) is 0 Å². The topological polar surface area (TPSA) is 33.0 Å². The van der Waals surface area contributed by atoms with E-state index in [1.54, 1.807) is 0 Å². The van der Waals surface area contributed by atoms with Crippen LogP contribution in [0.1, 0.15) is 68.9 Å². The van der Waals surface area contributed by atoms with Crippen LogP contribution < -0.4 is 0 Å². The van der Waals surface area contributed by atoms with Crippen molar-refractivity contribution in [1.29, 1.82) is 5.26 Å². The molecule has 0 amide bonds. The van der Waals surface area contributed by atoms with Gasteiger partial charge in [-0.15, -0.1) is 0 Å². The van der Waals surface area contributed by atoms with E-state index < -0.39 is 0 Å². The molecule has 1 aromatic carbocycles. The van der Waals surface area contributed by atoms with Gasteiger partial charge in [-0.05, 0) is 61.6 Å². The molecule has 0 spiro atoms. The molecule has 0 unspecified atom stereocenters. The van der Waals surface area contributed by atoms with Gasteiger partial charge in [-0.3, -0.25) is 0 Å². The summed E-state index contributed by atoms with van der Waals surface area (Å²) in [5.74, 6) is 1.43. The highest BCUT2D eigenvalue weighted by atomic mass is 16.5. The maximum Gasteiger partial charge on any atom is 0.0991 e. The number of rotatable bonds is 7. The molecule has 2 rings (SSSR count). The van der Waals surface area contributed by atoms with Gasteiger partial charge in [0, 0.05) is 13.2 Å². The van der Waals surface area contributed by atoms with Gasteiger partial charge in [0.2, 0.25) is 0 Å². The van der Waals surface area contributed by atoms with Crippen LogP contribution in [0.4, 0.5) is 0 Å². The van der Waals surface area contributed by atoms with E-state index in [9.17, 15) is 0 Å². The highest BCUT2D eigenvalue weighted by Crippen LogP contribution is 2.35. The van der Waals surface area contributed by atoms with E-state index in [0.717, 1.165) is 24.7 Å². The molecule has 1 fully saturated rings. The summed E-state index contributed by atoms with van der Waals surface area (Å²) in [5.41, 5.74) is 2.16. The molecule has 0 bridgehead atoms. The van der Waals surface area contributed by atoms with Gasteiger partial charge in [0.15, 0.2) is 0 Å². The SMILES string of the molecule is CCCCCOC[C@H]1CC[C@H](c2ccc(C#N)cc2)CC1. The number of nitrogens with zero attached hydrogens (tertiary/aromatic N) is 1. The summed E-state index contributed by atoms with van der Waals surface area (Å²) in [7, 11) is 0. The lowest BCUT2D eigenvalue weighted by Crippen LogP contribution is -2.18. The predicted molar refractivity (Wildman–Crippen MR) is 86.2 cm³/mol. The van der Waals surface area contributed by atoms with Crippen molar-refractivity contribution in [2.75, 3.05) is 13.2 Å². The largest absolute Gasteiger partial charge is 0.381 e. The molecular formula is C19H27NO. The van der Waals surface area contributed by atoms with Crippen LogP contribution in [0.2, 0.25) is 0 Å². The molecule has 2 nitrogen and oxygen atoms in total. The molecule has 21 heavy (non-hydrogen) atoms. The van der Waals surface area contributed by atoms with E-state index in [1.807, 2.05) is 12.1 Å². The minimum atomic E-state index is 0.675. The Morgan fingerprint density at radius 3 is 2.43 bits per heavy atom. The molecule has 1 saturated carbocycles. The van der Waals surface area contributed by atoms with Gasteiger partial charge >= 0.3 is 0 Å². The summed E-state index contributed by atoms with van der Waals surface area (Å²) in [6.07, 6.45) is 8.82. The first-order valence-electron chi connectivity index (χ1n) is 8.41. The van der Waals surface area contributed by atoms with Gasteiger partial charge in [0.05, 0.1) is 11.6 Å². The molecule has 114 valence electrons. The second-order valence-corrected chi connectivity index (χ2v) is 6.23. The summed E-state index contributed by atoms with van der Waals surface area (Å²) >= 11 is 0. The van der Waals surface area contributed by atoms with Crippen molar-refractivity contribution < 1.29 is 4.74 Å².